The molecule has 2 heteroatoms. The third-order valence-electron chi connectivity index (χ3n) is 3.98. The Labute approximate surface area is 110 Å². The molecule has 1 aromatic carbocycles. The van der Waals surface area contributed by atoms with Crippen LogP contribution in [0.5, 0.6) is 0 Å². The van der Waals surface area contributed by atoms with Gasteiger partial charge in [0.1, 0.15) is 6.07 Å². The Kier molecular flexibility index (Phi) is 3.91. The highest BCUT2D eigenvalue weighted by Gasteiger charge is 2.41. The number of anilines is 1. The summed E-state index contributed by atoms with van der Waals surface area (Å²) in [7, 11) is 0. The first kappa shape index (κ1) is 13.0. The second-order valence-corrected chi connectivity index (χ2v) is 5.49. The van der Waals surface area contributed by atoms with Gasteiger partial charge in [-0.3, -0.25) is 0 Å². The number of rotatable bonds is 5. The Morgan fingerprint density at radius 1 is 1.17 bits per heavy atom. The fourth-order valence-electron chi connectivity index (χ4n) is 3.28. The molecule has 1 heterocycles. The molecule has 1 aromatic rings. The van der Waals surface area contributed by atoms with Gasteiger partial charge in [-0.25, -0.2) is 0 Å². The van der Waals surface area contributed by atoms with Gasteiger partial charge >= 0.3 is 0 Å². The van der Waals surface area contributed by atoms with Crippen LogP contribution in [0.4, 0.5) is 5.69 Å². The molecule has 96 valence electrons. The van der Waals surface area contributed by atoms with Crippen LogP contribution >= 0.6 is 0 Å². The molecule has 2 rings (SSSR count). The zero-order valence-corrected chi connectivity index (χ0v) is 11.4. The van der Waals surface area contributed by atoms with Crippen LogP contribution in [0.25, 0.3) is 0 Å². The zero-order chi connectivity index (χ0) is 13.0. The lowest BCUT2D eigenvalue weighted by molar-refractivity contribution is 0.173. The number of benzene rings is 1. The normalized spacial score (nSPS) is 17.1. The first-order valence-electron chi connectivity index (χ1n) is 6.99. The van der Waals surface area contributed by atoms with Crippen molar-refractivity contribution >= 4 is 5.69 Å². The van der Waals surface area contributed by atoms with Crippen molar-refractivity contribution < 1.29 is 0 Å². The fraction of sp³-hybridized carbons (Fsp3) is 0.562. The molecular weight excluding hydrogens is 220 g/mol. The van der Waals surface area contributed by atoms with E-state index in [4.69, 9.17) is 5.26 Å². The number of nitrogens with zero attached hydrogens (tertiary/aromatic N) is 2. The molecule has 0 spiro atoms. The molecule has 0 N–H and O–H groups in total. The molecule has 0 unspecified atom stereocenters. The standard InChI is InChI=1S/C16H22N2/c1-3-9-16(10-4-2)12-18(13-16)15-8-6-5-7-14(15)11-17/h5-8H,3-4,9-10,12-13H2,1-2H3. The van der Waals surface area contributed by atoms with Crippen molar-refractivity contribution in [2.75, 3.05) is 18.0 Å². The van der Waals surface area contributed by atoms with E-state index in [-0.39, 0.29) is 0 Å². The van der Waals surface area contributed by atoms with Crippen LogP contribution in [0.1, 0.15) is 45.1 Å². The Morgan fingerprint density at radius 2 is 1.78 bits per heavy atom. The molecule has 0 radical (unpaired) electrons. The van der Waals surface area contributed by atoms with Crippen molar-refractivity contribution in [3.63, 3.8) is 0 Å². The fourth-order valence-corrected chi connectivity index (χ4v) is 3.28. The maximum Gasteiger partial charge on any atom is 0.101 e. The highest BCUT2D eigenvalue weighted by molar-refractivity contribution is 5.61. The van der Waals surface area contributed by atoms with Crippen LogP contribution < -0.4 is 4.90 Å². The summed E-state index contributed by atoms with van der Waals surface area (Å²) in [6.45, 7) is 6.77. The largest absolute Gasteiger partial charge is 0.369 e. The van der Waals surface area contributed by atoms with E-state index >= 15 is 0 Å². The van der Waals surface area contributed by atoms with Gasteiger partial charge in [0.25, 0.3) is 0 Å². The summed E-state index contributed by atoms with van der Waals surface area (Å²) in [5.74, 6) is 0. The lowest BCUT2D eigenvalue weighted by Gasteiger charge is -2.52. The first-order valence-corrected chi connectivity index (χ1v) is 6.99. The summed E-state index contributed by atoms with van der Waals surface area (Å²) in [5, 5.41) is 9.15. The maximum absolute atomic E-state index is 9.15. The molecular formula is C16H22N2. The van der Waals surface area contributed by atoms with Gasteiger partial charge in [0.2, 0.25) is 0 Å². The predicted molar refractivity (Wildman–Crippen MR) is 75.6 cm³/mol. The smallest absolute Gasteiger partial charge is 0.101 e. The van der Waals surface area contributed by atoms with E-state index in [9.17, 15) is 0 Å². The van der Waals surface area contributed by atoms with Crippen LogP contribution in [0.15, 0.2) is 24.3 Å². The molecule has 1 aliphatic heterocycles. The van der Waals surface area contributed by atoms with E-state index < -0.39 is 0 Å². The van der Waals surface area contributed by atoms with E-state index in [2.05, 4.69) is 30.9 Å². The summed E-state index contributed by atoms with van der Waals surface area (Å²) < 4.78 is 0. The molecule has 0 aromatic heterocycles. The minimum Gasteiger partial charge on any atom is -0.369 e. The molecule has 1 fully saturated rings. The van der Waals surface area contributed by atoms with E-state index in [0.717, 1.165) is 24.3 Å². The van der Waals surface area contributed by atoms with Gasteiger partial charge in [-0.05, 0) is 25.0 Å². The second kappa shape index (κ2) is 5.44. The van der Waals surface area contributed by atoms with E-state index in [0.29, 0.717) is 5.41 Å². The van der Waals surface area contributed by atoms with Gasteiger partial charge in [-0.15, -0.1) is 0 Å². The van der Waals surface area contributed by atoms with Crippen molar-refractivity contribution in [3.8, 4) is 6.07 Å². The van der Waals surface area contributed by atoms with Crippen molar-refractivity contribution in [1.82, 2.24) is 0 Å². The summed E-state index contributed by atoms with van der Waals surface area (Å²) in [6.07, 6.45) is 5.14. The third-order valence-corrected chi connectivity index (χ3v) is 3.98. The molecule has 0 bridgehead atoms. The maximum atomic E-state index is 9.15. The average Bonchev–Trinajstić information content (AvgIpc) is 2.35. The van der Waals surface area contributed by atoms with Crippen molar-refractivity contribution in [2.24, 2.45) is 5.41 Å². The zero-order valence-electron chi connectivity index (χ0n) is 11.4. The summed E-state index contributed by atoms with van der Waals surface area (Å²) >= 11 is 0. The molecule has 2 nitrogen and oxygen atoms in total. The van der Waals surface area contributed by atoms with Crippen molar-refractivity contribution in [1.29, 1.82) is 5.26 Å². The molecule has 0 atom stereocenters. The topological polar surface area (TPSA) is 27.0 Å². The van der Waals surface area contributed by atoms with Crippen LogP contribution in [0, 0.1) is 16.7 Å². The highest BCUT2D eigenvalue weighted by atomic mass is 15.2. The molecule has 1 saturated heterocycles. The van der Waals surface area contributed by atoms with Gasteiger partial charge < -0.3 is 4.90 Å². The minimum absolute atomic E-state index is 0.506. The van der Waals surface area contributed by atoms with Crippen LogP contribution in [-0.2, 0) is 0 Å². The van der Waals surface area contributed by atoms with Crippen LogP contribution in [-0.4, -0.2) is 13.1 Å². The summed E-state index contributed by atoms with van der Waals surface area (Å²) in [4.78, 5) is 2.36. The Balaban J connectivity index is 2.09. The van der Waals surface area contributed by atoms with Gasteiger partial charge in [-0.1, -0.05) is 38.8 Å². The van der Waals surface area contributed by atoms with E-state index in [1.165, 1.54) is 25.7 Å². The average molecular weight is 242 g/mol. The Bertz CT molecular complexity index is 431. The third kappa shape index (κ3) is 2.36. The van der Waals surface area contributed by atoms with Crippen molar-refractivity contribution in [3.05, 3.63) is 29.8 Å². The van der Waals surface area contributed by atoms with Gasteiger partial charge in [0.05, 0.1) is 11.3 Å². The quantitative estimate of drug-likeness (QED) is 0.781. The number of hydrogen-bond acceptors (Lipinski definition) is 2. The monoisotopic (exact) mass is 242 g/mol. The molecule has 0 amide bonds. The number of para-hydroxylation sites is 1. The van der Waals surface area contributed by atoms with Gasteiger partial charge in [0, 0.05) is 18.5 Å². The molecule has 0 saturated carbocycles. The Hall–Kier alpha value is -1.49. The van der Waals surface area contributed by atoms with Gasteiger partial charge in [-0.2, -0.15) is 5.26 Å². The number of hydrogen-bond donors (Lipinski definition) is 0. The van der Waals surface area contributed by atoms with E-state index in [1.54, 1.807) is 0 Å². The lowest BCUT2D eigenvalue weighted by Crippen LogP contribution is -2.56. The summed E-state index contributed by atoms with van der Waals surface area (Å²) in [5.41, 5.74) is 2.42. The number of nitriles is 1. The SMILES string of the molecule is CCCC1(CCC)CN(c2ccccc2C#N)C1. The minimum atomic E-state index is 0.506. The molecule has 1 aliphatic rings. The lowest BCUT2D eigenvalue weighted by atomic mass is 9.72. The van der Waals surface area contributed by atoms with Crippen LogP contribution in [0.3, 0.4) is 0 Å². The van der Waals surface area contributed by atoms with E-state index in [1.807, 2.05) is 18.2 Å². The summed E-state index contributed by atoms with van der Waals surface area (Å²) in [6, 6.07) is 10.2. The molecule has 18 heavy (non-hydrogen) atoms. The predicted octanol–water partition coefficient (Wildman–Crippen LogP) is 3.96. The second-order valence-electron chi connectivity index (χ2n) is 5.49. The first-order chi connectivity index (χ1) is 8.74. The molecule has 0 aliphatic carbocycles. The van der Waals surface area contributed by atoms with Crippen molar-refractivity contribution in [2.45, 2.75) is 39.5 Å². The Morgan fingerprint density at radius 3 is 2.33 bits per heavy atom. The van der Waals surface area contributed by atoms with Gasteiger partial charge in [0.15, 0.2) is 0 Å². The van der Waals surface area contributed by atoms with Crippen LogP contribution in [0.2, 0.25) is 0 Å². The highest BCUT2D eigenvalue weighted by Crippen LogP contribution is 2.42.